The number of hydrogen-bond acceptors (Lipinski definition) is 6. The van der Waals surface area contributed by atoms with Crippen LogP contribution >= 0.6 is 11.8 Å². The van der Waals surface area contributed by atoms with Crippen molar-refractivity contribution < 1.29 is 4.79 Å². The number of hydrogen-bond donors (Lipinski definition) is 2. The fourth-order valence-electron chi connectivity index (χ4n) is 2.85. The van der Waals surface area contributed by atoms with E-state index in [1.165, 1.54) is 24.6 Å². The molecular formula is C14H22N8OS. The maximum Gasteiger partial charge on any atom is 0.320 e. The SMILES string of the molecule is Cc1cc(NC(=O)NCCSc2nnnn2C)n(C2CCCC2)n1. The maximum absolute atomic E-state index is 12.1. The van der Waals surface area contributed by atoms with E-state index < -0.39 is 0 Å². The highest BCUT2D eigenvalue weighted by Crippen LogP contribution is 2.31. The first-order valence-electron chi connectivity index (χ1n) is 8.09. The van der Waals surface area contributed by atoms with E-state index in [9.17, 15) is 4.79 Å². The Morgan fingerprint density at radius 2 is 2.21 bits per heavy atom. The molecule has 0 spiro atoms. The van der Waals surface area contributed by atoms with Crippen LogP contribution in [0.1, 0.15) is 37.4 Å². The molecule has 130 valence electrons. The second-order valence-electron chi connectivity index (χ2n) is 5.87. The molecular weight excluding hydrogens is 328 g/mol. The van der Waals surface area contributed by atoms with E-state index in [1.54, 1.807) is 11.7 Å². The molecule has 0 aliphatic heterocycles. The fourth-order valence-corrected chi connectivity index (χ4v) is 3.55. The van der Waals surface area contributed by atoms with Gasteiger partial charge in [-0.05, 0) is 30.2 Å². The number of amides is 2. The first-order chi connectivity index (χ1) is 11.6. The van der Waals surface area contributed by atoms with Gasteiger partial charge < -0.3 is 5.32 Å². The van der Waals surface area contributed by atoms with Gasteiger partial charge in [0.15, 0.2) is 0 Å². The Morgan fingerprint density at radius 1 is 1.42 bits per heavy atom. The molecule has 24 heavy (non-hydrogen) atoms. The molecule has 2 aromatic heterocycles. The number of aryl methyl sites for hydroxylation is 2. The summed E-state index contributed by atoms with van der Waals surface area (Å²) < 4.78 is 3.57. The van der Waals surface area contributed by atoms with Crippen LogP contribution < -0.4 is 10.6 Å². The van der Waals surface area contributed by atoms with Gasteiger partial charge in [0.1, 0.15) is 5.82 Å². The van der Waals surface area contributed by atoms with Crippen LogP contribution in [0.5, 0.6) is 0 Å². The Hall–Kier alpha value is -2.10. The Morgan fingerprint density at radius 3 is 2.92 bits per heavy atom. The number of urea groups is 1. The van der Waals surface area contributed by atoms with Gasteiger partial charge >= 0.3 is 6.03 Å². The molecule has 1 aliphatic carbocycles. The highest BCUT2D eigenvalue weighted by atomic mass is 32.2. The lowest BCUT2D eigenvalue weighted by molar-refractivity contribution is 0.252. The number of anilines is 1. The van der Waals surface area contributed by atoms with Crippen molar-refractivity contribution in [2.24, 2.45) is 7.05 Å². The second-order valence-corrected chi connectivity index (χ2v) is 6.93. The van der Waals surface area contributed by atoms with Gasteiger partial charge in [-0.1, -0.05) is 24.6 Å². The maximum atomic E-state index is 12.1. The van der Waals surface area contributed by atoms with E-state index in [2.05, 4.69) is 31.3 Å². The second kappa shape index (κ2) is 7.65. The zero-order chi connectivity index (χ0) is 16.9. The summed E-state index contributed by atoms with van der Waals surface area (Å²) in [5.41, 5.74) is 0.919. The van der Waals surface area contributed by atoms with Gasteiger partial charge in [-0.3, -0.25) is 5.32 Å². The van der Waals surface area contributed by atoms with Crippen LogP contribution in [0.3, 0.4) is 0 Å². The number of thioether (sulfide) groups is 1. The lowest BCUT2D eigenvalue weighted by atomic mass is 10.2. The van der Waals surface area contributed by atoms with Crippen LogP contribution in [-0.4, -0.2) is 48.3 Å². The summed E-state index contributed by atoms with van der Waals surface area (Å²) in [7, 11) is 1.79. The first kappa shape index (κ1) is 16.7. The average molecular weight is 350 g/mol. The molecule has 2 amide bonds. The summed E-state index contributed by atoms with van der Waals surface area (Å²) in [6, 6.07) is 2.09. The summed E-state index contributed by atoms with van der Waals surface area (Å²) in [4.78, 5) is 12.1. The highest BCUT2D eigenvalue weighted by Gasteiger charge is 2.21. The van der Waals surface area contributed by atoms with Crippen molar-refractivity contribution in [2.45, 2.75) is 43.8 Å². The minimum atomic E-state index is -0.217. The van der Waals surface area contributed by atoms with Crippen molar-refractivity contribution in [1.82, 2.24) is 35.3 Å². The van der Waals surface area contributed by atoms with Crippen molar-refractivity contribution in [3.8, 4) is 0 Å². The van der Waals surface area contributed by atoms with Gasteiger partial charge in [-0.15, -0.1) is 5.10 Å². The molecule has 2 aromatic rings. The molecule has 0 saturated heterocycles. The number of nitrogens with one attached hydrogen (secondary N) is 2. The Bertz CT molecular complexity index is 691. The Kier molecular flexibility index (Phi) is 5.34. The third-order valence-corrected chi connectivity index (χ3v) is 4.98. The predicted molar refractivity (Wildman–Crippen MR) is 91.0 cm³/mol. The lowest BCUT2D eigenvalue weighted by Gasteiger charge is -2.15. The standard InChI is InChI=1S/C14H22N8OS/c1-10-9-12(22(18-10)11-5-3-4-6-11)16-13(23)15-7-8-24-14-17-19-20-21(14)2/h9,11H,3-8H2,1-2H3,(H2,15,16,23). The number of nitrogens with zero attached hydrogens (tertiary/aromatic N) is 6. The van der Waals surface area contributed by atoms with E-state index >= 15 is 0 Å². The molecule has 0 atom stereocenters. The molecule has 0 aromatic carbocycles. The lowest BCUT2D eigenvalue weighted by Crippen LogP contribution is -2.31. The van der Waals surface area contributed by atoms with Crippen molar-refractivity contribution >= 4 is 23.6 Å². The predicted octanol–water partition coefficient (Wildman–Crippen LogP) is 1.74. The molecule has 0 unspecified atom stereocenters. The number of tetrazole rings is 1. The zero-order valence-electron chi connectivity index (χ0n) is 13.9. The molecule has 0 radical (unpaired) electrons. The summed E-state index contributed by atoms with van der Waals surface area (Å²) >= 11 is 1.50. The highest BCUT2D eigenvalue weighted by molar-refractivity contribution is 7.99. The number of carbonyl (C=O) groups is 1. The third-order valence-electron chi connectivity index (χ3n) is 3.97. The molecule has 1 aliphatic rings. The summed E-state index contributed by atoms with van der Waals surface area (Å²) in [6.45, 7) is 2.47. The van der Waals surface area contributed by atoms with Crippen LogP contribution in [-0.2, 0) is 7.05 Å². The van der Waals surface area contributed by atoms with Gasteiger partial charge in [0.2, 0.25) is 5.16 Å². The summed E-state index contributed by atoms with van der Waals surface area (Å²) in [6.07, 6.45) is 4.70. The fraction of sp³-hybridized carbons (Fsp3) is 0.643. The zero-order valence-corrected chi connectivity index (χ0v) is 14.7. The quantitative estimate of drug-likeness (QED) is 0.608. The van der Waals surface area contributed by atoms with Crippen LogP contribution in [0.25, 0.3) is 0 Å². The van der Waals surface area contributed by atoms with Gasteiger partial charge in [-0.25, -0.2) is 14.2 Å². The summed E-state index contributed by atoms with van der Waals surface area (Å²) in [5, 5.41) is 22.2. The minimum Gasteiger partial charge on any atom is -0.337 e. The van der Waals surface area contributed by atoms with Crippen LogP contribution in [0.4, 0.5) is 10.6 Å². The van der Waals surface area contributed by atoms with Gasteiger partial charge in [0.25, 0.3) is 0 Å². The topological polar surface area (TPSA) is 103 Å². The minimum absolute atomic E-state index is 0.217. The monoisotopic (exact) mass is 350 g/mol. The van der Waals surface area contributed by atoms with Crippen LogP contribution in [0, 0.1) is 6.92 Å². The van der Waals surface area contributed by atoms with Crippen molar-refractivity contribution in [1.29, 1.82) is 0 Å². The molecule has 9 nitrogen and oxygen atoms in total. The Balaban J connectivity index is 1.47. The van der Waals surface area contributed by atoms with Gasteiger partial charge in [-0.2, -0.15) is 5.10 Å². The number of aromatic nitrogens is 6. The van der Waals surface area contributed by atoms with E-state index in [4.69, 9.17) is 0 Å². The average Bonchev–Trinajstić information content (AvgIpc) is 3.26. The van der Waals surface area contributed by atoms with Crippen LogP contribution in [0.2, 0.25) is 0 Å². The molecule has 10 heteroatoms. The van der Waals surface area contributed by atoms with E-state index in [0.717, 1.165) is 29.5 Å². The van der Waals surface area contributed by atoms with Gasteiger partial charge in [0, 0.05) is 25.4 Å². The smallest absolute Gasteiger partial charge is 0.320 e. The number of rotatable bonds is 6. The first-order valence-corrected chi connectivity index (χ1v) is 9.08. The normalized spacial score (nSPS) is 14.9. The van der Waals surface area contributed by atoms with Crippen molar-refractivity contribution in [2.75, 3.05) is 17.6 Å². The summed E-state index contributed by atoms with van der Waals surface area (Å²) in [5.74, 6) is 1.46. The Labute approximate surface area is 144 Å². The largest absolute Gasteiger partial charge is 0.337 e. The van der Waals surface area contributed by atoms with E-state index in [0.29, 0.717) is 18.3 Å². The third kappa shape index (κ3) is 4.05. The van der Waals surface area contributed by atoms with Crippen molar-refractivity contribution in [3.05, 3.63) is 11.8 Å². The molecule has 2 heterocycles. The van der Waals surface area contributed by atoms with E-state index in [1.807, 2.05) is 17.7 Å². The molecule has 2 N–H and O–H groups in total. The number of carbonyl (C=O) groups excluding carboxylic acids is 1. The van der Waals surface area contributed by atoms with Crippen molar-refractivity contribution in [3.63, 3.8) is 0 Å². The molecule has 1 fully saturated rings. The van der Waals surface area contributed by atoms with E-state index in [-0.39, 0.29) is 6.03 Å². The molecule has 3 rings (SSSR count). The van der Waals surface area contributed by atoms with Crippen LogP contribution in [0.15, 0.2) is 11.2 Å². The molecule has 0 bridgehead atoms. The van der Waals surface area contributed by atoms with Gasteiger partial charge in [0.05, 0.1) is 11.7 Å². The molecule has 1 saturated carbocycles.